The van der Waals surface area contributed by atoms with Crippen molar-refractivity contribution in [1.82, 2.24) is 0 Å². The van der Waals surface area contributed by atoms with Crippen molar-refractivity contribution < 1.29 is 13.2 Å². The molecule has 4 rings (SSSR count). The standard InChI is InChI=1S/C26H28N2O3S/c1-17-7-10-23(11-8-17)32(30,31)28-13-5-6-21-16-22(9-12-24(21)28)26(29)27-25-19(3)14-18(2)15-20(25)4/h7-12,14-16H,5-6,13H2,1-4H3,(H,27,29). The molecular weight excluding hydrogens is 420 g/mol. The predicted molar refractivity (Wildman–Crippen MR) is 129 cm³/mol. The number of anilines is 2. The number of nitrogens with one attached hydrogen (secondary N) is 1. The number of benzene rings is 3. The molecule has 0 spiro atoms. The first-order chi connectivity index (χ1) is 15.2. The van der Waals surface area contributed by atoms with E-state index in [0.717, 1.165) is 39.9 Å². The van der Waals surface area contributed by atoms with Crippen LogP contribution in [-0.4, -0.2) is 20.9 Å². The molecule has 0 radical (unpaired) electrons. The molecule has 1 N–H and O–H groups in total. The van der Waals surface area contributed by atoms with Crippen molar-refractivity contribution in [3.05, 3.63) is 88.0 Å². The number of nitrogens with zero attached hydrogens (tertiary/aromatic N) is 1. The molecule has 1 amide bonds. The van der Waals surface area contributed by atoms with Crippen LogP contribution in [0.25, 0.3) is 0 Å². The van der Waals surface area contributed by atoms with Crippen molar-refractivity contribution in [2.75, 3.05) is 16.2 Å². The van der Waals surface area contributed by atoms with Gasteiger partial charge in [-0.3, -0.25) is 9.10 Å². The first-order valence-corrected chi connectivity index (χ1v) is 12.2. The number of aryl methyl sites for hydroxylation is 5. The molecule has 0 saturated heterocycles. The number of hydrogen-bond donors (Lipinski definition) is 1. The second-order valence-corrected chi connectivity index (χ2v) is 10.4. The molecule has 0 saturated carbocycles. The van der Waals surface area contributed by atoms with Gasteiger partial charge in [0.05, 0.1) is 10.6 Å². The van der Waals surface area contributed by atoms with Crippen LogP contribution in [0.1, 0.15) is 44.6 Å². The quantitative estimate of drug-likeness (QED) is 0.588. The molecule has 1 aliphatic heterocycles. The van der Waals surface area contributed by atoms with E-state index in [2.05, 4.69) is 5.32 Å². The Bertz CT molecular complexity index is 1270. The minimum atomic E-state index is -3.66. The fraction of sp³-hybridized carbons (Fsp3) is 0.269. The van der Waals surface area contributed by atoms with Gasteiger partial charge in [-0.25, -0.2) is 8.42 Å². The van der Waals surface area contributed by atoms with Crippen LogP contribution in [0, 0.1) is 27.7 Å². The molecule has 5 nitrogen and oxygen atoms in total. The zero-order valence-electron chi connectivity index (χ0n) is 18.9. The fourth-order valence-electron chi connectivity index (χ4n) is 4.35. The summed E-state index contributed by atoms with van der Waals surface area (Å²) < 4.78 is 28.0. The summed E-state index contributed by atoms with van der Waals surface area (Å²) >= 11 is 0. The number of fused-ring (bicyclic) bond motifs is 1. The molecule has 1 heterocycles. The number of rotatable bonds is 4. The van der Waals surface area contributed by atoms with Gasteiger partial charge >= 0.3 is 0 Å². The van der Waals surface area contributed by atoms with Gasteiger partial charge in [-0.2, -0.15) is 0 Å². The smallest absolute Gasteiger partial charge is 0.264 e. The van der Waals surface area contributed by atoms with E-state index < -0.39 is 10.0 Å². The Morgan fingerprint density at radius 3 is 2.19 bits per heavy atom. The number of amides is 1. The van der Waals surface area contributed by atoms with Crippen LogP contribution in [0.2, 0.25) is 0 Å². The third-order valence-corrected chi connectivity index (χ3v) is 7.77. The van der Waals surface area contributed by atoms with Crippen molar-refractivity contribution in [2.45, 2.75) is 45.4 Å². The van der Waals surface area contributed by atoms with Gasteiger partial charge in [-0.15, -0.1) is 0 Å². The normalized spacial score (nSPS) is 13.6. The highest BCUT2D eigenvalue weighted by atomic mass is 32.2. The molecule has 166 valence electrons. The maximum atomic E-state index is 13.3. The van der Waals surface area contributed by atoms with Crippen LogP contribution >= 0.6 is 0 Å². The summed E-state index contributed by atoms with van der Waals surface area (Å²) in [5, 5.41) is 3.03. The predicted octanol–water partition coefficient (Wildman–Crippen LogP) is 5.31. The van der Waals surface area contributed by atoms with E-state index in [9.17, 15) is 13.2 Å². The van der Waals surface area contributed by atoms with Crippen LogP contribution < -0.4 is 9.62 Å². The monoisotopic (exact) mass is 448 g/mol. The average molecular weight is 449 g/mol. The summed E-state index contributed by atoms with van der Waals surface area (Å²) in [5.41, 5.74) is 7.07. The minimum absolute atomic E-state index is 0.193. The largest absolute Gasteiger partial charge is 0.322 e. The molecule has 0 bridgehead atoms. The molecule has 32 heavy (non-hydrogen) atoms. The molecule has 3 aromatic carbocycles. The Kier molecular flexibility index (Phi) is 5.82. The van der Waals surface area contributed by atoms with Gasteiger partial charge in [0.15, 0.2) is 0 Å². The Hall–Kier alpha value is -3.12. The lowest BCUT2D eigenvalue weighted by Crippen LogP contribution is -2.35. The summed E-state index contributed by atoms with van der Waals surface area (Å²) in [6.07, 6.45) is 1.44. The van der Waals surface area contributed by atoms with Crippen LogP contribution in [0.15, 0.2) is 59.5 Å². The Morgan fingerprint density at radius 1 is 0.875 bits per heavy atom. The number of hydrogen-bond acceptors (Lipinski definition) is 3. The summed E-state index contributed by atoms with van der Waals surface area (Å²) in [7, 11) is -3.66. The lowest BCUT2D eigenvalue weighted by molar-refractivity contribution is 0.102. The third kappa shape index (κ3) is 4.15. The van der Waals surface area contributed by atoms with E-state index in [1.54, 1.807) is 36.4 Å². The molecule has 1 aliphatic rings. The zero-order valence-corrected chi connectivity index (χ0v) is 19.7. The van der Waals surface area contributed by atoms with Crippen LogP contribution in [0.3, 0.4) is 0 Å². The maximum Gasteiger partial charge on any atom is 0.264 e. The number of sulfonamides is 1. The highest BCUT2D eigenvalue weighted by Gasteiger charge is 2.29. The van der Waals surface area contributed by atoms with Gasteiger partial charge in [0.2, 0.25) is 0 Å². The van der Waals surface area contributed by atoms with Crippen LogP contribution in [0.4, 0.5) is 11.4 Å². The second kappa shape index (κ2) is 8.43. The molecule has 0 aromatic heterocycles. The van der Waals surface area contributed by atoms with Crippen molar-refractivity contribution >= 4 is 27.3 Å². The van der Waals surface area contributed by atoms with E-state index in [4.69, 9.17) is 0 Å². The first-order valence-electron chi connectivity index (χ1n) is 10.8. The molecule has 0 atom stereocenters. The zero-order chi connectivity index (χ0) is 23.0. The van der Waals surface area contributed by atoms with Gasteiger partial charge in [-0.05, 0) is 87.6 Å². The average Bonchev–Trinajstić information content (AvgIpc) is 2.75. The number of carbonyl (C=O) groups excluding carboxylic acids is 1. The highest BCUT2D eigenvalue weighted by molar-refractivity contribution is 7.92. The maximum absolute atomic E-state index is 13.3. The van der Waals surface area contributed by atoms with Gasteiger partial charge in [0.1, 0.15) is 0 Å². The van der Waals surface area contributed by atoms with Crippen molar-refractivity contribution in [3.8, 4) is 0 Å². The molecule has 0 unspecified atom stereocenters. The Balaban J connectivity index is 1.64. The Morgan fingerprint density at radius 2 is 1.53 bits per heavy atom. The Labute approximate surface area is 190 Å². The van der Waals surface area contributed by atoms with Crippen molar-refractivity contribution in [2.24, 2.45) is 0 Å². The van der Waals surface area contributed by atoms with Gasteiger partial charge in [-0.1, -0.05) is 35.4 Å². The summed E-state index contributed by atoms with van der Waals surface area (Å²) in [6.45, 7) is 8.35. The van der Waals surface area contributed by atoms with E-state index in [0.29, 0.717) is 24.2 Å². The first kappa shape index (κ1) is 22.1. The summed E-state index contributed by atoms with van der Waals surface area (Å²) in [5.74, 6) is -0.193. The summed E-state index contributed by atoms with van der Waals surface area (Å²) in [4.78, 5) is 13.3. The molecule has 3 aromatic rings. The third-order valence-electron chi connectivity index (χ3n) is 5.94. The SMILES string of the molecule is Cc1ccc(S(=O)(=O)N2CCCc3cc(C(=O)Nc4c(C)cc(C)cc4C)ccc32)cc1. The minimum Gasteiger partial charge on any atom is -0.322 e. The van der Waals surface area contributed by atoms with Gasteiger partial charge in [0.25, 0.3) is 15.9 Å². The molecule has 0 aliphatic carbocycles. The van der Waals surface area contributed by atoms with E-state index in [-0.39, 0.29) is 10.8 Å². The number of carbonyl (C=O) groups is 1. The van der Waals surface area contributed by atoms with Crippen molar-refractivity contribution in [3.63, 3.8) is 0 Å². The van der Waals surface area contributed by atoms with Crippen LogP contribution in [0.5, 0.6) is 0 Å². The fourth-order valence-corrected chi connectivity index (χ4v) is 5.89. The topological polar surface area (TPSA) is 66.5 Å². The van der Waals surface area contributed by atoms with Gasteiger partial charge in [0, 0.05) is 17.8 Å². The molecular formula is C26H28N2O3S. The molecule has 0 fully saturated rings. The highest BCUT2D eigenvalue weighted by Crippen LogP contribution is 2.33. The van der Waals surface area contributed by atoms with E-state index >= 15 is 0 Å². The second-order valence-electron chi connectivity index (χ2n) is 8.57. The van der Waals surface area contributed by atoms with Crippen LogP contribution in [-0.2, 0) is 16.4 Å². The lowest BCUT2D eigenvalue weighted by atomic mass is 10.00. The van der Waals surface area contributed by atoms with E-state index in [1.165, 1.54) is 4.31 Å². The molecule has 6 heteroatoms. The van der Waals surface area contributed by atoms with E-state index in [1.807, 2.05) is 45.9 Å². The summed E-state index contributed by atoms with van der Waals surface area (Å²) in [6, 6.07) is 16.3. The lowest BCUT2D eigenvalue weighted by Gasteiger charge is -2.31. The van der Waals surface area contributed by atoms with Crippen molar-refractivity contribution in [1.29, 1.82) is 0 Å². The van der Waals surface area contributed by atoms with Gasteiger partial charge < -0.3 is 5.32 Å².